The van der Waals surface area contributed by atoms with Crippen molar-refractivity contribution >= 4 is 11.9 Å². The van der Waals surface area contributed by atoms with Crippen molar-refractivity contribution in [1.29, 1.82) is 0 Å². The van der Waals surface area contributed by atoms with E-state index in [2.05, 4.69) is 61.6 Å². The van der Waals surface area contributed by atoms with Gasteiger partial charge in [0.2, 0.25) is 0 Å². The second-order valence-corrected chi connectivity index (χ2v) is 14.3. The smallest absolute Gasteiger partial charge is 0.158 e. The summed E-state index contributed by atoms with van der Waals surface area (Å²) in [6, 6.07) is 1.10. The third-order valence-electron chi connectivity index (χ3n) is 12.2. The van der Waals surface area contributed by atoms with Crippen molar-refractivity contribution in [2.24, 2.45) is 35.5 Å². The standard InChI is InChI=1S/C34H52N4O4/c1-7-21-15(2)24-13-29-31(19(6)40)17(4)26(36-29)11-25-16(3)22(9-8-20(41)14-39)33(37-25)23-10-30(42)32-18(5)27(38-34(23)32)12-28(21)35-24/h13,16-18,22-23,25-27,30,32-40,42H,7-12,14H2,1-6H3/b29-13?,31-19-/t16-,17?,18?,22-,23?,25?,26?,27?,30?,32?,33?,34?/m0/s1. The van der Waals surface area contributed by atoms with Gasteiger partial charge in [-0.3, -0.25) is 4.79 Å². The fourth-order valence-corrected chi connectivity index (χ4v) is 9.93. The normalized spacial score (nSPS) is 42.0. The van der Waals surface area contributed by atoms with E-state index in [4.69, 9.17) is 0 Å². The molecule has 0 amide bonds. The van der Waals surface area contributed by atoms with Crippen LogP contribution in [-0.2, 0) is 17.6 Å². The van der Waals surface area contributed by atoms with E-state index in [0.717, 1.165) is 49.1 Å². The Morgan fingerprint density at radius 2 is 1.79 bits per heavy atom. The maximum absolute atomic E-state index is 12.2. The zero-order valence-corrected chi connectivity index (χ0v) is 26.2. The third kappa shape index (κ3) is 4.86. The quantitative estimate of drug-likeness (QED) is 0.266. The Morgan fingerprint density at radius 3 is 2.48 bits per heavy atom. The monoisotopic (exact) mass is 580 g/mol. The van der Waals surface area contributed by atoms with Gasteiger partial charge >= 0.3 is 0 Å². The van der Waals surface area contributed by atoms with Crippen LogP contribution in [0, 0.1) is 42.4 Å². The number of ketones is 1. The van der Waals surface area contributed by atoms with E-state index < -0.39 is 6.61 Å². The summed E-state index contributed by atoms with van der Waals surface area (Å²) in [5.41, 5.74) is 7.00. The number of Topliss-reactive ketones (excluding diaryl/α,β-unsaturated/α-hetero) is 1. The van der Waals surface area contributed by atoms with E-state index in [1.165, 1.54) is 16.8 Å². The van der Waals surface area contributed by atoms with Gasteiger partial charge in [-0.2, -0.15) is 0 Å². The molecule has 1 saturated carbocycles. The summed E-state index contributed by atoms with van der Waals surface area (Å²) in [6.07, 6.45) is 6.53. The number of nitrogens with one attached hydrogen (secondary N) is 4. The van der Waals surface area contributed by atoms with Crippen molar-refractivity contribution in [3.8, 4) is 0 Å². The Kier molecular flexibility index (Phi) is 8.13. The number of aromatic amines is 1. The van der Waals surface area contributed by atoms with E-state index in [1.807, 2.05) is 0 Å². The fourth-order valence-electron chi connectivity index (χ4n) is 9.93. The van der Waals surface area contributed by atoms with Crippen molar-refractivity contribution in [3.05, 3.63) is 39.5 Å². The largest absolute Gasteiger partial charge is 0.512 e. The minimum Gasteiger partial charge on any atom is -0.512 e. The predicted molar refractivity (Wildman–Crippen MR) is 165 cm³/mol. The van der Waals surface area contributed by atoms with Crippen LogP contribution in [0.1, 0.15) is 82.8 Å². The number of hydrogen-bond acceptors (Lipinski definition) is 7. The number of H-pyrrole nitrogens is 1. The van der Waals surface area contributed by atoms with Crippen molar-refractivity contribution in [1.82, 2.24) is 20.9 Å². The molecule has 1 aromatic rings. The van der Waals surface area contributed by atoms with E-state index >= 15 is 0 Å². The lowest BCUT2D eigenvalue weighted by Crippen LogP contribution is -2.47. The molecule has 5 aliphatic rings. The van der Waals surface area contributed by atoms with Crippen molar-refractivity contribution in [2.75, 3.05) is 6.61 Å². The van der Waals surface area contributed by atoms with E-state index in [9.17, 15) is 20.1 Å². The lowest BCUT2D eigenvalue weighted by Gasteiger charge is -2.31. The minimum atomic E-state index is -0.399. The van der Waals surface area contributed by atoms with Gasteiger partial charge in [-0.25, -0.2) is 0 Å². The maximum Gasteiger partial charge on any atom is 0.158 e. The molecule has 42 heavy (non-hydrogen) atoms. The molecule has 1 aliphatic carbocycles. The summed E-state index contributed by atoms with van der Waals surface area (Å²) in [5, 5.41) is 43.7. The summed E-state index contributed by atoms with van der Waals surface area (Å²) in [4.78, 5) is 16.0. The first-order valence-corrected chi connectivity index (χ1v) is 16.4. The first kappa shape index (κ1) is 29.9. The van der Waals surface area contributed by atoms with Crippen LogP contribution < -0.4 is 16.0 Å². The number of allylic oxidation sites excluding steroid dienone is 2. The number of carbonyl (C=O) groups excluding carboxylic acids is 1. The molecule has 12 atom stereocenters. The summed E-state index contributed by atoms with van der Waals surface area (Å²) in [5.74, 6) is 1.88. The number of aliphatic hydroxyl groups excluding tert-OH is 3. The highest BCUT2D eigenvalue weighted by molar-refractivity contribution is 5.79. The number of hydrogen-bond donors (Lipinski definition) is 7. The van der Waals surface area contributed by atoms with Crippen molar-refractivity contribution < 1.29 is 20.1 Å². The molecule has 5 heterocycles. The number of fused-ring (bicyclic) bond motifs is 8. The molecule has 8 bridgehead atoms. The SMILES string of the molecule is CCc1c2[nH]c(c1C)C=C1NC(CC3NC(C4CC(O)C5C(C)C(C2)NC45)[C@@H](CCC(=O)CO)[C@@H]3C)C(C)/C1=C(\C)O. The molecular formula is C34H52N4O4. The number of aromatic nitrogens is 1. The molecule has 6 rings (SSSR count). The van der Waals surface area contributed by atoms with Gasteiger partial charge in [-0.1, -0.05) is 27.7 Å². The van der Waals surface area contributed by atoms with Crippen LogP contribution in [0.4, 0.5) is 0 Å². The summed E-state index contributed by atoms with van der Waals surface area (Å²) < 4.78 is 0. The second kappa shape index (κ2) is 11.4. The molecule has 8 heteroatoms. The first-order valence-electron chi connectivity index (χ1n) is 16.4. The lowest BCUT2D eigenvalue weighted by atomic mass is 9.77. The Balaban J connectivity index is 1.43. The van der Waals surface area contributed by atoms with Gasteiger partial charge in [0.1, 0.15) is 6.61 Å². The summed E-state index contributed by atoms with van der Waals surface area (Å²) in [6.45, 7) is 12.7. The molecule has 232 valence electrons. The molecule has 7 N–H and O–H groups in total. The van der Waals surface area contributed by atoms with Gasteiger partial charge in [0.15, 0.2) is 5.78 Å². The summed E-state index contributed by atoms with van der Waals surface area (Å²) in [7, 11) is 0. The van der Waals surface area contributed by atoms with Crippen LogP contribution in [0.3, 0.4) is 0 Å². The molecule has 1 aromatic heterocycles. The highest BCUT2D eigenvalue weighted by Crippen LogP contribution is 2.49. The van der Waals surface area contributed by atoms with Crippen LogP contribution in [0.2, 0.25) is 0 Å². The Labute approximate surface area is 250 Å². The topological polar surface area (TPSA) is 130 Å². The Morgan fingerprint density at radius 1 is 1.05 bits per heavy atom. The van der Waals surface area contributed by atoms with Crippen LogP contribution in [0.5, 0.6) is 0 Å². The zero-order valence-electron chi connectivity index (χ0n) is 26.2. The van der Waals surface area contributed by atoms with E-state index in [0.29, 0.717) is 24.0 Å². The van der Waals surface area contributed by atoms with E-state index in [-0.39, 0.29) is 65.8 Å². The van der Waals surface area contributed by atoms with Gasteiger partial charge in [0, 0.05) is 77.5 Å². The number of aliphatic hydroxyl groups is 3. The molecule has 3 saturated heterocycles. The van der Waals surface area contributed by atoms with E-state index in [1.54, 1.807) is 6.92 Å². The Hall–Kier alpha value is -2.13. The number of rotatable bonds is 5. The van der Waals surface area contributed by atoms with Crippen molar-refractivity contribution in [2.45, 2.75) is 116 Å². The summed E-state index contributed by atoms with van der Waals surface area (Å²) >= 11 is 0. The average Bonchev–Trinajstić information content (AvgIpc) is 3.70. The number of carbonyl (C=O) groups is 1. The molecular weight excluding hydrogens is 528 g/mol. The zero-order chi connectivity index (χ0) is 30.0. The molecule has 0 aromatic carbocycles. The minimum absolute atomic E-state index is 0.0963. The molecule has 10 unspecified atom stereocenters. The average molecular weight is 581 g/mol. The van der Waals surface area contributed by atoms with Crippen LogP contribution >= 0.6 is 0 Å². The third-order valence-corrected chi connectivity index (χ3v) is 12.2. The van der Waals surface area contributed by atoms with Crippen LogP contribution in [-0.4, -0.2) is 69.0 Å². The highest BCUT2D eigenvalue weighted by Gasteiger charge is 2.57. The highest BCUT2D eigenvalue weighted by atomic mass is 16.3. The van der Waals surface area contributed by atoms with Gasteiger partial charge in [0.05, 0.1) is 11.9 Å². The molecule has 4 fully saturated rings. The maximum atomic E-state index is 12.2. The molecule has 0 radical (unpaired) electrons. The fraction of sp³-hybridized carbons (Fsp3) is 0.735. The Bertz CT molecular complexity index is 1260. The first-order chi connectivity index (χ1) is 20.0. The molecule has 4 aliphatic heterocycles. The van der Waals surface area contributed by atoms with Gasteiger partial charge < -0.3 is 36.3 Å². The predicted octanol–water partition coefficient (Wildman–Crippen LogP) is 3.52. The van der Waals surface area contributed by atoms with Crippen LogP contribution in [0.25, 0.3) is 6.08 Å². The van der Waals surface area contributed by atoms with Crippen molar-refractivity contribution in [3.63, 3.8) is 0 Å². The molecule has 8 nitrogen and oxygen atoms in total. The van der Waals surface area contributed by atoms with Gasteiger partial charge in [-0.15, -0.1) is 0 Å². The second-order valence-electron chi connectivity index (χ2n) is 14.3. The van der Waals surface area contributed by atoms with Gasteiger partial charge in [0.25, 0.3) is 0 Å². The van der Waals surface area contributed by atoms with Gasteiger partial charge in [-0.05, 0) is 80.4 Å². The molecule has 0 spiro atoms. The van der Waals surface area contributed by atoms with Crippen LogP contribution in [0.15, 0.2) is 17.0 Å². The lowest BCUT2D eigenvalue weighted by molar-refractivity contribution is -0.122.